The van der Waals surface area contributed by atoms with Crippen molar-refractivity contribution in [2.24, 2.45) is 0 Å². The van der Waals surface area contributed by atoms with Gasteiger partial charge in [0.1, 0.15) is 6.29 Å². The molecule has 1 N–H and O–H groups in total. The second-order valence-electron chi connectivity index (χ2n) is 4.89. The van der Waals surface area contributed by atoms with Gasteiger partial charge in [0, 0.05) is 26.6 Å². The van der Waals surface area contributed by atoms with Gasteiger partial charge in [-0.3, -0.25) is 0 Å². The number of rotatable bonds is 3. The molecular weight excluding hydrogens is 240 g/mol. The number of amides is 2. The molecule has 19 heavy (non-hydrogen) atoms. The van der Waals surface area contributed by atoms with Gasteiger partial charge in [-0.05, 0) is 29.9 Å². The number of carbonyl (C=O) groups excluding carboxylic acids is 2. The highest BCUT2D eigenvalue weighted by molar-refractivity contribution is 5.73. The molecule has 0 atom stereocenters. The number of urea groups is 1. The molecule has 4 heteroatoms. The van der Waals surface area contributed by atoms with Crippen molar-refractivity contribution in [3.63, 3.8) is 0 Å². The van der Waals surface area contributed by atoms with Crippen molar-refractivity contribution in [1.82, 2.24) is 10.2 Å². The SMILES string of the molecule is CNC(=O)N1CCC(c2ccccc2CC=O)CC1. The Morgan fingerprint density at radius 1 is 1.37 bits per heavy atom. The van der Waals surface area contributed by atoms with Gasteiger partial charge in [0.25, 0.3) is 0 Å². The summed E-state index contributed by atoms with van der Waals surface area (Å²) in [6.07, 6.45) is 3.36. The number of nitrogens with one attached hydrogen (secondary N) is 1. The molecule has 0 unspecified atom stereocenters. The first kappa shape index (κ1) is 13.6. The van der Waals surface area contributed by atoms with Crippen LogP contribution in [-0.4, -0.2) is 37.4 Å². The van der Waals surface area contributed by atoms with Gasteiger partial charge >= 0.3 is 6.03 Å². The summed E-state index contributed by atoms with van der Waals surface area (Å²) in [7, 11) is 1.66. The van der Waals surface area contributed by atoms with Crippen LogP contribution in [0.1, 0.15) is 29.9 Å². The van der Waals surface area contributed by atoms with Crippen LogP contribution in [0.15, 0.2) is 24.3 Å². The Balaban J connectivity index is 2.05. The summed E-state index contributed by atoms with van der Waals surface area (Å²) in [4.78, 5) is 24.1. The smallest absolute Gasteiger partial charge is 0.317 e. The molecule has 1 aliphatic heterocycles. The number of likely N-dealkylation sites (tertiary alicyclic amines) is 1. The molecule has 0 radical (unpaired) electrons. The molecule has 1 saturated heterocycles. The van der Waals surface area contributed by atoms with Crippen molar-refractivity contribution in [3.8, 4) is 0 Å². The molecule has 2 rings (SSSR count). The lowest BCUT2D eigenvalue weighted by Crippen LogP contribution is -2.42. The number of piperidine rings is 1. The molecule has 2 amide bonds. The van der Waals surface area contributed by atoms with Gasteiger partial charge in [0.2, 0.25) is 0 Å². The van der Waals surface area contributed by atoms with Crippen molar-refractivity contribution in [1.29, 1.82) is 0 Å². The molecule has 1 aromatic rings. The third-order valence-electron chi connectivity index (χ3n) is 3.79. The van der Waals surface area contributed by atoms with E-state index in [0.29, 0.717) is 12.3 Å². The molecule has 1 aliphatic rings. The van der Waals surface area contributed by atoms with E-state index in [1.807, 2.05) is 23.1 Å². The van der Waals surface area contributed by atoms with Gasteiger partial charge in [-0.2, -0.15) is 0 Å². The number of nitrogens with zero attached hydrogens (tertiary/aromatic N) is 1. The maximum absolute atomic E-state index is 11.5. The van der Waals surface area contributed by atoms with E-state index >= 15 is 0 Å². The zero-order valence-corrected chi connectivity index (χ0v) is 11.3. The van der Waals surface area contributed by atoms with Crippen molar-refractivity contribution in [3.05, 3.63) is 35.4 Å². The summed E-state index contributed by atoms with van der Waals surface area (Å²) in [6, 6.07) is 8.13. The third-order valence-corrected chi connectivity index (χ3v) is 3.79. The lowest BCUT2D eigenvalue weighted by molar-refractivity contribution is -0.107. The van der Waals surface area contributed by atoms with Crippen LogP contribution < -0.4 is 5.32 Å². The molecule has 0 aromatic heterocycles. The summed E-state index contributed by atoms with van der Waals surface area (Å²) in [5, 5.41) is 2.66. The fourth-order valence-corrected chi connectivity index (χ4v) is 2.76. The van der Waals surface area contributed by atoms with Crippen molar-refractivity contribution < 1.29 is 9.59 Å². The lowest BCUT2D eigenvalue weighted by atomic mass is 9.86. The summed E-state index contributed by atoms with van der Waals surface area (Å²) in [5.41, 5.74) is 2.39. The Morgan fingerprint density at radius 2 is 2.05 bits per heavy atom. The van der Waals surface area contributed by atoms with E-state index in [1.165, 1.54) is 5.56 Å². The predicted octanol–water partition coefficient (Wildman–Crippen LogP) is 1.95. The lowest BCUT2D eigenvalue weighted by Gasteiger charge is -2.32. The van der Waals surface area contributed by atoms with Crippen molar-refractivity contribution >= 4 is 12.3 Å². The summed E-state index contributed by atoms with van der Waals surface area (Å²) < 4.78 is 0. The molecule has 4 nitrogen and oxygen atoms in total. The van der Waals surface area contributed by atoms with Gasteiger partial charge in [-0.15, -0.1) is 0 Å². The molecule has 1 aromatic carbocycles. The van der Waals surface area contributed by atoms with Crippen LogP contribution in [0.2, 0.25) is 0 Å². The second-order valence-corrected chi connectivity index (χ2v) is 4.89. The molecule has 0 bridgehead atoms. The molecule has 1 heterocycles. The zero-order valence-electron chi connectivity index (χ0n) is 11.3. The summed E-state index contributed by atoms with van der Waals surface area (Å²) in [5.74, 6) is 0.456. The Kier molecular flexibility index (Phi) is 4.55. The number of aldehydes is 1. The Morgan fingerprint density at radius 3 is 2.68 bits per heavy atom. The first-order chi connectivity index (χ1) is 9.26. The summed E-state index contributed by atoms with van der Waals surface area (Å²) in [6.45, 7) is 1.56. The largest absolute Gasteiger partial charge is 0.341 e. The molecule has 0 saturated carbocycles. The Bertz CT molecular complexity index is 451. The van der Waals surface area contributed by atoms with E-state index < -0.39 is 0 Å². The highest BCUT2D eigenvalue weighted by atomic mass is 16.2. The van der Waals surface area contributed by atoms with Crippen LogP contribution in [0.3, 0.4) is 0 Å². The van der Waals surface area contributed by atoms with E-state index in [1.54, 1.807) is 7.05 Å². The number of carbonyl (C=O) groups is 2. The van der Waals surface area contributed by atoms with Crippen molar-refractivity contribution in [2.75, 3.05) is 20.1 Å². The third kappa shape index (κ3) is 3.13. The van der Waals surface area contributed by atoms with E-state index in [9.17, 15) is 9.59 Å². The maximum Gasteiger partial charge on any atom is 0.317 e. The van der Waals surface area contributed by atoms with E-state index in [2.05, 4.69) is 11.4 Å². The fraction of sp³-hybridized carbons (Fsp3) is 0.467. The van der Waals surface area contributed by atoms with Crippen LogP contribution in [0, 0.1) is 0 Å². The van der Waals surface area contributed by atoms with Gasteiger partial charge in [-0.25, -0.2) is 4.79 Å². The molecule has 1 fully saturated rings. The first-order valence-electron chi connectivity index (χ1n) is 6.74. The van der Waals surface area contributed by atoms with Crippen LogP contribution in [0.5, 0.6) is 0 Å². The quantitative estimate of drug-likeness (QED) is 0.844. The Labute approximate surface area is 113 Å². The standard InChI is InChI=1S/C15H20N2O2/c1-16-15(19)17-9-6-13(7-10-17)14-5-3-2-4-12(14)8-11-18/h2-5,11,13H,6-10H2,1H3,(H,16,19). The van der Waals surface area contributed by atoms with Crippen LogP contribution in [-0.2, 0) is 11.2 Å². The number of hydrogen-bond donors (Lipinski definition) is 1. The Hall–Kier alpha value is -1.84. The van der Waals surface area contributed by atoms with Gasteiger partial charge in [0.05, 0.1) is 0 Å². The highest BCUT2D eigenvalue weighted by Gasteiger charge is 2.24. The predicted molar refractivity (Wildman–Crippen MR) is 74.2 cm³/mol. The van der Waals surface area contributed by atoms with Crippen molar-refractivity contribution in [2.45, 2.75) is 25.2 Å². The fourth-order valence-electron chi connectivity index (χ4n) is 2.76. The van der Waals surface area contributed by atoms with Crippen LogP contribution in [0.25, 0.3) is 0 Å². The topological polar surface area (TPSA) is 49.4 Å². The second kappa shape index (κ2) is 6.36. The molecule has 0 spiro atoms. The minimum Gasteiger partial charge on any atom is -0.341 e. The van der Waals surface area contributed by atoms with Gasteiger partial charge in [-0.1, -0.05) is 24.3 Å². The zero-order chi connectivity index (χ0) is 13.7. The van der Waals surface area contributed by atoms with E-state index in [-0.39, 0.29) is 6.03 Å². The monoisotopic (exact) mass is 260 g/mol. The van der Waals surface area contributed by atoms with Crippen LogP contribution in [0.4, 0.5) is 4.79 Å². The summed E-state index contributed by atoms with van der Waals surface area (Å²) >= 11 is 0. The van der Waals surface area contributed by atoms with Gasteiger partial charge in [0.15, 0.2) is 0 Å². The normalized spacial score (nSPS) is 16.2. The molecular formula is C15H20N2O2. The average molecular weight is 260 g/mol. The average Bonchev–Trinajstić information content (AvgIpc) is 2.47. The highest BCUT2D eigenvalue weighted by Crippen LogP contribution is 2.30. The van der Waals surface area contributed by atoms with Gasteiger partial charge < -0.3 is 15.0 Å². The van der Waals surface area contributed by atoms with E-state index in [0.717, 1.165) is 37.8 Å². The first-order valence-corrected chi connectivity index (χ1v) is 6.74. The minimum atomic E-state index is -0.000346. The maximum atomic E-state index is 11.5. The van der Waals surface area contributed by atoms with E-state index in [4.69, 9.17) is 0 Å². The molecule has 102 valence electrons. The number of benzene rings is 1. The molecule has 0 aliphatic carbocycles. The number of hydrogen-bond acceptors (Lipinski definition) is 2. The minimum absolute atomic E-state index is 0.000346. The van der Waals surface area contributed by atoms with Crippen LogP contribution >= 0.6 is 0 Å².